The smallest absolute Gasteiger partial charge is 0.221 e. The molecule has 0 saturated heterocycles. The van der Waals surface area contributed by atoms with E-state index in [0.29, 0.717) is 0 Å². The molecule has 2 heterocycles. The molecule has 1 aromatic heterocycles. The summed E-state index contributed by atoms with van der Waals surface area (Å²) in [6.45, 7) is 1.50. The van der Waals surface area contributed by atoms with Crippen LogP contribution in [0.4, 0.5) is 5.69 Å². The van der Waals surface area contributed by atoms with E-state index in [9.17, 15) is 4.79 Å². The predicted octanol–water partition coefficient (Wildman–Crippen LogP) is 5.12. The number of carbonyl (C=O) groups is 1. The standard InChI is InChI=1S/C21H14N2O2/c1-12(24)22-13-9-10-19-16(11-13)14-6-4-8-18-20(14)21(25-19)15-5-2-3-7-17(15)23-18/h2-11H,1H3,(H,22,24). The van der Waals surface area contributed by atoms with Crippen LogP contribution in [0.15, 0.2) is 60.7 Å². The van der Waals surface area contributed by atoms with Crippen LogP contribution in [0.2, 0.25) is 0 Å². The zero-order valence-corrected chi connectivity index (χ0v) is 13.5. The molecule has 3 aromatic carbocycles. The first-order valence-corrected chi connectivity index (χ1v) is 8.12. The second kappa shape index (κ2) is 5.05. The van der Waals surface area contributed by atoms with Crippen molar-refractivity contribution in [3.05, 3.63) is 60.7 Å². The van der Waals surface area contributed by atoms with Gasteiger partial charge in [-0.25, -0.2) is 4.98 Å². The molecular weight excluding hydrogens is 312 g/mol. The molecule has 1 aliphatic rings. The van der Waals surface area contributed by atoms with E-state index in [1.54, 1.807) is 0 Å². The molecule has 1 amide bonds. The molecule has 0 atom stereocenters. The molecule has 4 nitrogen and oxygen atoms in total. The lowest BCUT2D eigenvalue weighted by molar-refractivity contribution is -0.114. The van der Waals surface area contributed by atoms with Gasteiger partial charge in [-0.05, 0) is 42.0 Å². The molecule has 0 unspecified atom stereocenters. The molecule has 4 heteroatoms. The highest BCUT2D eigenvalue weighted by atomic mass is 16.5. The highest BCUT2D eigenvalue weighted by molar-refractivity contribution is 6.10. The molecule has 0 saturated carbocycles. The molecule has 0 fully saturated rings. The van der Waals surface area contributed by atoms with Gasteiger partial charge in [0.2, 0.25) is 5.91 Å². The predicted molar refractivity (Wildman–Crippen MR) is 99.1 cm³/mol. The van der Waals surface area contributed by atoms with Crippen molar-refractivity contribution >= 4 is 33.4 Å². The van der Waals surface area contributed by atoms with Crippen molar-refractivity contribution in [3.63, 3.8) is 0 Å². The lowest BCUT2D eigenvalue weighted by atomic mass is 9.95. The van der Waals surface area contributed by atoms with Crippen molar-refractivity contribution in [1.82, 2.24) is 4.98 Å². The Morgan fingerprint density at radius 3 is 2.68 bits per heavy atom. The van der Waals surface area contributed by atoms with Crippen molar-refractivity contribution in [2.75, 3.05) is 5.32 Å². The van der Waals surface area contributed by atoms with Gasteiger partial charge in [0, 0.05) is 23.6 Å². The number of amides is 1. The third-order valence-electron chi connectivity index (χ3n) is 4.46. The molecule has 4 aromatic rings. The average Bonchev–Trinajstić information content (AvgIpc) is 2.62. The second-order valence-electron chi connectivity index (χ2n) is 6.15. The topological polar surface area (TPSA) is 51.2 Å². The summed E-state index contributed by atoms with van der Waals surface area (Å²) in [7, 11) is 0. The van der Waals surface area contributed by atoms with Gasteiger partial charge in [0.25, 0.3) is 0 Å². The van der Waals surface area contributed by atoms with Crippen molar-refractivity contribution < 1.29 is 9.53 Å². The Labute approximate surface area is 144 Å². The number of hydrogen-bond acceptors (Lipinski definition) is 3. The van der Waals surface area contributed by atoms with Gasteiger partial charge in [-0.3, -0.25) is 4.79 Å². The molecule has 25 heavy (non-hydrogen) atoms. The van der Waals surface area contributed by atoms with Crippen LogP contribution in [0, 0.1) is 0 Å². The van der Waals surface area contributed by atoms with E-state index in [4.69, 9.17) is 9.72 Å². The van der Waals surface area contributed by atoms with E-state index in [2.05, 4.69) is 11.4 Å². The number of pyridine rings is 1. The summed E-state index contributed by atoms with van der Waals surface area (Å²) in [5, 5.41) is 4.84. The number of aromatic nitrogens is 1. The summed E-state index contributed by atoms with van der Waals surface area (Å²) in [5.41, 5.74) is 4.60. The van der Waals surface area contributed by atoms with Gasteiger partial charge in [-0.2, -0.15) is 0 Å². The Morgan fingerprint density at radius 1 is 0.960 bits per heavy atom. The summed E-state index contributed by atoms with van der Waals surface area (Å²) < 4.78 is 6.27. The molecule has 0 aliphatic carbocycles. The van der Waals surface area contributed by atoms with Crippen molar-refractivity contribution in [2.24, 2.45) is 0 Å². The van der Waals surface area contributed by atoms with E-state index in [1.807, 2.05) is 54.6 Å². The number of hydrogen-bond donors (Lipinski definition) is 1. The molecule has 5 rings (SSSR count). The number of rotatable bonds is 1. The Hall–Kier alpha value is -3.40. The van der Waals surface area contributed by atoms with E-state index in [0.717, 1.165) is 50.1 Å². The summed E-state index contributed by atoms with van der Waals surface area (Å²) in [6.07, 6.45) is 0. The minimum absolute atomic E-state index is 0.0945. The quantitative estimate of drug-likeness (QED) is 0.435. The van der Waals surface area contributed by atoms with E-state index < -0.39 is 0 Å². The molecule has 0 radical (unpaired) electrons. The summed E-state index contributed by atoms with van der Waals surface area (Å²) >= 11 is 0. The zero-order valence-electron chi connectivity index (χ0n) is 13.5. The number of fused-ring (bicyclic) bond motifs is 4. The van der Waals surface area contributed by atoms with Crippen LogP contribution in [0.5, 0.6) is 11.5 Å². The number of benzene rings is 3. The Balaban J connectivity index is 1.85. The normalized spacial score (nSPS) is 11.9. The highest BCUT2D eigenvalue weighted by Crippen LogP contribution is 2.49. The van der Waals surface area contributed by atoms with Crippen molar-refractivity contribution in [1.29, 1.82) is 0 Å². The van der Waals surface area contributed by atoms with Crippen LogP contribution in [-0.2, 0) is 4.79 Å². The van der Waals surface area contributed by atoms with E-state index >= 15 is 0 Å². The number of nitrogens with one attached hydrogen (secondary N) is 1. The fraction of sp³-hybridized carbons (Fsp3) is 0.0476. The maximum Gasteiger partial charge on any atom is 0.221 e. The fourth-order valence-electron chi connectivity index (χ4n) is 3.45. The number of anilines is 1. The third-order valence-corrected chi connectivity index (χ3v) is 4.46. The maximum atomic E-state index is 11.4. The average molecular weight is 326 g/mol. The molecular formula is C21H14N2O2. The lowest BCUT2D eigenvalue weighted by Crippen LogP contribution is -2.06. The minimum Gasteiger partial charge on any atom is -0.455 e. The van der Waals surface area contributed by atoms with Crippen LogP contribution < -0.4 is 10.1 Å². The van der Waals surface area contributed by atoms with E-state index in [1.165, 1.54) is 6.92 Å². The van der Waals surface area contributed by atoms with Gasteiger partial charge in [0.1, 0.15) is 11.5 Å². The zero-order chi connectivity index (χ0) is 17.0. The minimum atomic E-state index is -0.0945. The fourth-order valence-corrected chi connectivity index (χ4v) is 3.45. The molecule has 120 valence electrons. The number of para-hydroxylation sites is 1. The number of nitrogens with zero attached hydrogens (tertiary/aromatic N) is 1. The lowest BCUT2D eigenvalue weighted by Gasteiger charge is -2.23. The highest BCUT2D eigenvalue weighted by Gasteiger charge is 2.23. The van der Waals surface area contributed by atoms with Gasteiger partial charge in [-0.15, -0.1) is 0 Å². The first-order valence-electron chi connectivity index (χ1n) is 8.12. The van der Waals surface area contributed by atoms with Crippen LogP contribution in [0.3, 0.4) is 0 Å². The third kappa shape index (κ3) is 2.08. The van der Waals surface area contributed by atoms with Gasteiger partial charge < -0.3 is 10.1 Å². The van der Waals surface area contributed by atoms with Gasteiger partial charge in [0.05, 0.1) is 16.4 Å². The van der Waals surface area contributed by atoms with Crippen LogP contribution in [-0.4, -0.2) is 10.9 Å². The van der Waals surface area contributed by atoms with Gasteiger partial charge in [0.15, 0.2) is 0 Å². The van der Waals surface area contributed by atoms with Crippen LogP contribution in [0.25, 0.3) is 32.9 Å². The largest absolute Gasteiger partial charge is 0.455 e. The summed E-state index contributed by atoms with van der Waals surface area (Å²) in [6, 6.07) is 19.8. The molecule has 1 N–H and O–H groups in total. The second-order valence-corrected chi connectivity index (χ2v) is 6.15. The van der Waals surface area contributed by atoms with Gasteiger partial charge in [-0.1, -0.05) is 24.3 Å². The first kappa shape index (κ1) is 14.0. The van der Waals surface area contributed by atoms with Gasteiger partial charge >= 0.3 is 0 Å². The van der Waals surface area contributed by atoms with Crippen molar-refractivity contribution in [3.8, 4) is 22.6 Å². The molecule has 0 bridgehead atoms. The molecule has 0 spiro atoms. The van der Waals surface area contributed by atoms with Crippen LogP contribution >= 0.6 is 0 Å². The summed E-state index contributed by atoms with van der Waals surface area (Å²) in [4.78, 5) is 16.1. The Kier molecular flexibility index (Phi) is 2.82. The number of ether oxygens (including phenoxy) is 1. The summed E-state index contributed by atoms with van der Waals surface area (Å²) in [5.74, 6) is 1.53. The Bertz CT molecular complexity index is 1180. The Morgan fingerprint density at radius 2 is 1.80 bits per heavy atom. The van der Waals surface area contributed by atoms with E-state index in [-0.39, 0.29) is 5.91 Å². The molecule has 1 aliphatic heterocycles. The monoisotopic (exact) mass is 326 g/mol. The SMILES string of the molecule is CC(=O)Nc1ccc2c(c1)-c1cccc3nc4ccccc4c(c13)O2. The first-order chi connectivity index (χ1) is 12.2. The maximum absolute atomic E-state index is 11.4. The van der Waals surface area contributed by atoms with Crippen molar-refractivity contribution in [2.45, 2.75) is 6.92 Å². The number of carbonyl (C=O) groups excluding carboxylic acids is 1. The van der Waals surface area contributed by atoms with Crippen LogP contribution in [0.1, 0.15) is 6.92 Å².